The van der Waals surface area contributed by atoms with Gasteiger partial charge < -0.3 is 9.64 Å². The van der Waals surface area contributed by atoms with Crippen LogP contribution in [-0.2, 0) is 4.79 Å². The molecule has 2 aromatic rings. The van der Waals surface area contributed by atoms with Crippen molar-refractivity contribution in [2.75, 3.05) is 13.5 Å². The van der Waals surface area contributed by atoms with Gasteiger partial charge in [0.2, 0.25) is 6.41 Å². The normalized spacial score (nSPS) is 14.4. The lowest BCUT2D eigenvalue weighted by Gasteiger charge is -2.22. The first kappa shape index (κ1) is 11.4. The van der Waals surface area contributed by atoms with Crippen molar-refractivity contribution in [2.24, 2.45) is 0 Å². The minimum Gasteiger partial charge on any atom is -0.485 e. The fourth-order valence-electron chi connectivity index (χ4n) is 2.11. The molecule has 0 N–H and O–H groups in total. The van der Waals surface area contributed by atoms with Gasteiger partial charge in [-0.25, -0.2) is 0 Å². The monoisotopic (exact) mass is 286 g/mol. The summed E-state index contributed by atoms with van der Waals surface area (Å²) in [4.78, 5) is 11.9. The lowest BCUT2D eigenvalue weighted by molar-refractivity contribution is -0.117. The molecule has 1 amide bonds. The molecule has 0 unspecified atom stereocenters. The van der Waals surface area contributed by atoms with Crippen LogP contribution in [0.15, 0.2) is 54.6 Å². The maximum absolute atomic E-state index is 11.0. The standard InChI is InChI=1S/C18H21NO2/c1-15-8-6-7-11-17(15)21-18(12-13-19(2)14-20)16-9-4-3-5-10-16/h3-11,14,18H,12-13H2,1-2H3/t18-/m1/s1/i2D3. The Hall–Kier alpha value is -2.29. The van der Waals surface area contributed by atoms with E-state index < -0.39 is 6.98 Å². The van der Waals surface area contributed by atoms with Crippen LogP contribution in [0.5, 0.6) is 5.75 Å². The van der Waals surface area contributed by atoms with E-state index in [0.29, 0.717) is 12.8 Å². The second-order valence-corrected chi connectivity index (χ2v) is 4.87. The molecule has 0 saturated heterocycles. The third-order valence-corrected chi connectivity index (χ3v) is 3.29. The van der Waals surface area contributed by atoms with Crippen LogP contribution < -0.4 is 4.74 Å². The van der Waals surface area contributed by atoms with E-state index in [9.17, 15) is 4.79 Å². The van der Waals surface area contributed by atoms with Crippen LogP contribution in [0.2, 0.25) is 0 Å². The largest absolute Gasteiger partial charge is 0.485 e. The maximum atomic E-state index is 11.0. The first-order valence-electron chi connectivity index (χ1n) is 8.41. The van der Waals surface area contributed by atoms with Crippen molar-refractivity contribution in [3.8, 4) is 5.75 Å². The quantitative estimate of drug-likeness (QED) is 0.728. The van der Waals surface area contributed by atoms with Gasteiger partial charge in [-0.05, 0) is 24.1 Å². The zero-order chi connectivity index (χ0) is 17.6. The molecular formula is C18H21NO2. The zero-order valence-corrected chi connectivity index (χ0v) is 12.0. The second kappa shape index (κ2) is 7.48. The molecule has 2 aromatic carbocycles. The molecule has 0 aliphatic rings. The lowest BCUT2D eigenvalue weighted by atomic mass is 10.1. The molecule has 0 aliphatic heterocycles. The first-order chi connectivity index (χ1) is 11.4. The number of carbonyl (C=O) groups excluding carboxylic acids is 1. The third kappa shape index (κ3) is 4.35. The van der Waals surface area contributed by atoms with E-state index >= 15 is 0 Å². The highest BCUT2D eigenvalue weighted by Gasteiger charge is 2.15. The van der Waals surface area contributed by atoms with Crippen LogP contribution in [0.1, 0.15) is 27.8 Å². The van der Waals surface area contributed by atoms with Crippen molar-refractivity contribution in [1.29, 1.82) is 0 Å². The average molecular weight is 286 g/mol. The molecule has 0 saturated carbocycles. The van der Waals surface area contributed by atoms with E-state index in [-0.39, 0.29) is 12.6 Å². The topological polar surface area (TPSA) is 29.5 Å². The van der Waals surface area contributed by atoms with Gasteiger partial charge >= 0.3 is 0 Å². The predicted octanol–water partition coefficient (Wildman–Crippen LogP) is 3.59. The molecule has 2 rings (SSSR count). The van der Waals surface area contributed by atoms with E-state index in [1.165, 1.54) is 0 Å². The Morgan fingerprint density at radius 3 is 2.57 bits per heavy atom. The third-order valence-electron chi connectivity index (χ3n) is 3.29. The summed E-state index contributed by atoms with van der Waals surface area (Å²) in [7, 11) is 0. The van der Waals surface area contributed by atoms with Crippen molar-refractivity contribution in [2.45, 2.75) is 19.4 Å². The van der Waals surface area contributed by atoms with E-state index in [2.05, 4.69) is 0 Å². The molecule has 0 aromatic heterocycles. The van der Waals surface area contributed by atoms with Gasteiger partial charge in [0.25, 0.3) is 0 Å². The van der Waals surface area contributed by atoms with E-state index in [0.717, 1.165) is 21.8 Å². The SMILES string of the molecule is [2H]C([2H])([2H])N(C=O)CC[C@@H](Oc1ccccc1C)c1ccccc1. The fourth-order valence-corrected chi connectivity index (χ4v) is 2.11. The van der Waals surface area contributed by atoms with Gasteiger partial charge in [0.05, 0.1) is 0 Å². The molecule has 0 heterocycles. The van der Waals surface area contributed by atoms with Crippen LogP contribution in [0, 0.1) is 6.92 Å². The summed E-state index contributed by atoms with van der Waals surface area (Å²) in [6.45, 7) is -0.394. The van der Waals surface area contributed by atoms with Crippen LogP contribution in [0.3, 0.4) is 0 Å². The highest BCUT2D eigenvalue weighted by molar-refractivity contribution is 5.46. The molecule has 0 aliphatic carbocycles. The summed E-state index contributed by atoms with van der Waals surface area (Å²) in [5, 5.41) is 0. The number of rotatable bonds is 7. The summed E-state index contributed by atoms with van der Waals surface area (Å²) < 4.78 is 28.3. The summed E-state index contributed by atoms with van der Waals surface area (Å²) in [6, 6.07) is 17.3. The summed E-state index contributed by atoms with van der Waals surface area (Å²) >= 11 is 0. The van der Waals surface area contributed by atoms with Crippen molar-refractivity contribution >= 4 is 6.41 Å². The maximum Gasteiger partial charge on any atom is 0.209 e. The van der Waals surface area contributed by atoms with E-state index in [1.807, 2.05) is 61.5 Å². The van der Waals surface area contributed by atoms with Crippen molar-refractivity contribution in [3.05, 3.63) is 65.7 Å². The number of aryl methyl sites for hydroxylation is 1. The molecule has 0 bridgehead atoms. The van der Waals surface area contributed by atoms with Gasteiger partial charge in [0.1, 0.15) is 11.9 Å². The number of ether oxygens (including phenoxy) is 1. The Morgan fingerprint density at radius 2 is 1.90 bits per heavy atom. The lowest BCUT2D eigenvalue weighted by Crippen LogP contribution is -2.21. The number of amides is 1. The molecule has 3 nitrogen and oxygen atoms in total. The van der Waals surface area contributed by atoms with Crippen molar-refractivity contribution < 1.29 is 13.6 Å². The number of hydrogen-bond acceptors (Lipinski definition) is 2. The summed E-state index contributed by atoms with van der Waals surface area (Å²) in [5.74, 6) is 0.748. The Bertz CT molecular complexity index is 659. The number of benzene rings is 2. The summed E-state index contributed by atoms with van der Waals surface area (Å²) in [5.41, 5.74) is 1.94. The Kier molecular flexibility index (Phi) is 4.05. The van der Waals surface area contributed by atoms with Crippen LogP contribution in [-0.4, -0.2) is 24.8 Å². The summed E-state index contributed by atoms with van der Waals surface area (Å²) in [6.07, 6.45) is 0.412. The average Bonchev–Trinajstić information content (AvgIpc) is 2.55. The molecule has 1 atom stereocenters. The predicted molar refractivity (Wildman–Crippen MR) is 84.3 cm³/mol. The number of nitrogens with zero attached hydrogens (tertiary/aromatic N) is 1. The zero-order valence-electron chi connectivity index (χ0n) is 15.0. The van der Waals surface area contributed by atoms with Crippen LogP contribution in [0.25, 0.3) is 0 Å². The van der Waals surface area contributed by atoms with Gasteiger partial charge in [-0.1, -0.05) is 48.5 Å². The molecule has 110 valence electrons. The number of hydrogen-bond donors (Lipinski definition) is 0. The van der Waals surface area contributed by atoms with Crippen molar-refractivity contribution in [3.63, 3.8) is 0 Å². The molecule has 0 radical (unpaired) electrons. The van der Waals surface area contributed by atoms with Crippen molar-refractivity contribution in [1.82, 2.24) is 4.90 Å². The Labute approximate surface area is 130 Å². The minimum absolute atomic E-state index is 0.0887. The Balaban J connectivity index is 2.18. The van der Waals surface area contributed by atoms with Gasteiger partial charge in [-0.15, -0.1) is 0 Å². The smallest absolute Gasteiger partial charge is 0.209 e. The molecule has 0 spiro atoms. The van der Waals surface area contributed by atoms with E-state index in [4.69, 9.17) is 8.85 Å². The van der Waals surface area contributed by atoms with Gasteiger partial charge in [-0.3, -0.25) is 4.79 Å². The molecular weight excluding hydrogens is 262 g/mol. The van der Waals surface area contributed by atoms with Gasteiger partial charge in [-0.2, -0.15) is 0 Å². The second-order valence-electron chi connectivity index (χ2n) is 4.87. The highest BCUT2D eigenvalue weighted by atomic mass is 16.5. The molecule has 21 heavy (non-hydrogen) atoms. The minimum atomic E-state index is -2.44. The Morgan fingerprint density at radius 1 is 1.19 bits per heavy atom. The van der Waals surface area contributed by atoms with Crippen LogP contribution >= 0.6 is 0 Å². The highest BCUT2D eigenvalue weighted by Crippen LogP contribution is 2.27. The van der Waals surface area contributed by atoms with Gasteiger partial charge in [0, 0.05) is 24.1 Å². The molecule has 3 heteroatoms. The first-order valence-corrected chi connectivity index (χ1v) is 6.91. The van der Waals surface area contributed by atoms with E-state index in [1.54, 1.807) is 0 Å². The number of carbonyl (C=O) groups is 1. The van der Waals surface area contributed by atoms with Crippen LogP contribution in [0.4, 0.5) is 0 Å². The number of para-hydroxylation sites is 1. The van der Waals surface area contributed by atoms with Gasteiger partial charge in [0.15, 0.2) is 0 Å². The fraction of sp³-hybridized carbons (Fsp3) is 0.278. The molecule has 0 fully saturated rings.